The third-order valence-corrected chi connectivity index (χ3v) is 5.12. The van der Waals surface area contributed by atoms with Crippen LogP contribution >= 0.6 is 0 Å². The molecule has 0 spiro atoms. The van der Waals surface area contributed by atoms with Crippen molar-refractivity contribution >= 4 is 5.91 Å². The second kappa shape index (κ2) is 6.28. The van der Waals surface area contributed by atoms with Crippen LogP contribution in [0.5, 0.6) is 11.5 Å². The van der Waals surface area contributed by atoms with E-state index in [0.717, 1.165) is 44.6 Å². The molecule has 2 aliphatic heterocycles. The summed E-state index contributed by atoms with van der Waals surface area (Å²) in [5.41, 5.74) is 0.999. The Morgan fingerprint density at radius 2 is 2.21 bits per heavy atom. The SMILES string of the molecule is CCN(C)C[C@@H]1CCN(C(=O)c2ccc3c(c2O)OC(C)(C)C3)C1. The second-order valence-electron chi connectivity index (χ2n) is 7.75. The summed E-state index contributed by atoms with van der Waals surface area (Å²) < 4.78 is 5.84. The molecule has 3 rings (SSSR count). The van der Waals surface area contributed by atoms with Gasteiger partial charge in [0, 0.05) is 31.6 Å². The van der Waals surface area contributed by atoms with Crippen LogP contribution in [-0.4, -0.2) is 59.6 Å². The zero-order chi connectivity index (χ0) is 17.5. The molecule has 0 aromatic heterocycles. The number of carbonyl (C=O) groups excluding carboxylic acids is 1. The van der Waals surface area contributed by atoms with Crippen molar-refractivity contribution in [1.29, 1.82) is 0 Å². The van der Waals surface area contributed by atoms with Crippen molar-refractivity contribution in [1.82, 2.24) is 9.80 Å². The van der Waals surface area contributed by atoms with E-state index in [4.69, 9.17) is 4.74 Å². The zero-order valence-corrected chi connectivity index (χ0v) is 15.1. The van der Waals surface area contributed by atoms with Gasteiger partial charge in [0.25, 0.3) is 5.91 Å². The Kier molecular flexibility index (Phi) is 4.47. The third-order valence-electron chi connectivity index (χ3n) is 5.12. The molecule has 0 aliphatic carbocycles. The predicted molar refractivity (Wildman–Crippen MR) is 93.7 cm³/mol. The number of ether oxygens (including phenoxy) is 1. The van der Waals surface area contributed by atoms with E-state index in [1.807, 2.05) is 24.8 Å². The first-order chi connectivity index (χ1) is 11.3. The van der Waals surface area contributed by atoms with E-state index in [0.29, 0.717) is 17.2 Å². The number of rotatable bonds is 4. The number of phenolic OH excluding ortho intramolecular Hbond substituents is 1. The summed E-state index contributed by atoms with van der Waals surface area (Å²) in [4.78, 5) is 17.0. The Balaban J connectivity index is 1.73. The summed E-state index contributed by atoms with van der Waals surface area (Å²) in [6.07, 6.45) is 1.77. The average molecular weight is 332 g/mol. The van der Waals surface area contributed by atoms with Gasteiger partial charge >= 0.3 is 0 Å². The van der Waals surface area contributed by atoms with E-state index in [2.05, 4.69) is 18.9 Å². The van der Waals surface area contributed by atoms with Crippen LogP contribution in [0.1, 0.15) is 43.1 Å². The van der Waals surface area contributed by atoms with E-state index in [9.17, 15) is 9.90 Å². The van der Waals surface area contributed by atoms with Crippen LogP contribution in [0.4, 0.5) is 0 Å². The number of amides is 1. The van der Waals surface area contributed by atoms with Gasteiger partial charge in [-0.2, -0.15) is 0 Å². The lowest BCUT2D eigenvalue weighted by Crippen LogP contribution is -2.31. The van der Waals surface area contributed by atoms with Gasteiger partial charge in [-0.1, -0.05) is 13.0 Å². The number of likely N-dealkylation sites (tertiary alicyclic amines) is 1. The zero-order valence-electron chi connectivity index (χ0n) is 15.1. The minimum absolute atomic E-state index is 0.00259. The van der Waals surface area contributed by atoms with Crippen LogP contribution in [0.25, 0.3) is 0 Å². The number of phenols is 1. The highest BCUT2D eigenvalue weighted by molar-refractivity contribution is 5.98. The highest BCUT2D eigenvalue weighted by Crippen LogP contribution is 2.43. The van der Waals surface area contributed by atoms with Crippen molar-refractivity contribution < 1.29 is 14.6 Å². The maximum absolute atomic E-state index is 12.8. The largest absolute Gasteiger partial charge is 0.504 e. The molecule has 5 heteroatoms. The van der Waals surface area contributed by atoms with Crippen LogP contribution in [0.3, 0.4) is 0 Å². The van der Waals surface area contributed by atoms with E-state index < -0.39 is 0 Å². The number of fused-ring (bicyclic) bond motifs is 1. The van der Waals surface area contributed by atoms with Gasteiger partial charge in [0.2, 0.25) is 0 Å². The summed E-state index contributed by atoms with van der Waals surface area (Å²) in [5.74, 6) is 0.889. The third kappa shape index (κ3) is 3.22. The molecule has 0 bridgehead atoms. The molecule has 0 unspecified atom stereocenters. The second-order valence-corrected chi connectivity index (χ2v) is 7.75. The summed E-state index contributed by atoms with van der Waals surface area (Å²) >= 11 is 0. The highest BCUT2D eigenvalue weighted by Gasteiger charge is 2.35. The van der Waals surface area contributed by atoms with E-state index >= 15 is 0 Å². The predicted octanol–water partition coefficient (Wildman–Crippen LogP) is 2.52. The molecule has 132 valence electrons. The summed E-state index contributed by atoms with van der Waals surface area (Å²) in [5, 5.41) is 10.5. The topological polar surface area (TPSA) is 53.0 Å². The quantitative estimate of drug-likeness (QED) is 0.920. The number of hydrogen-bond donors (Lipinski definition) is 1. The molecule has 1 atom stereocenters. The van der Waals surface area contributed by atoms with Gasteiger partial charge in [0.05, 0.1) is 5.56 Å². The van der Waals surface area contributed by atoms with Gasteiger partial charge in [-0.25, -0.2) is 0 Å². The lowest BCUT2D eigenvalue weighted by Gasteiger charge is -2.21. The lowest BCUT2D eigenvalue weighted by molar-refractivity contribution is 0.0779. The minimum Gasteiger partial charge on any atom is -0.504 e. The Morgan fingerprint density at radius 3 is 2.92 bits per heavy atom. The number of nitrogens with zero attached hydrogens (tertiary/aromatic N) is 2. The van der Waals surface area contributed by atoms with Gasteiger partial charge in [0.1, 0.15) is 5.60 Å². The first-order valence-corrected chi connectivity index (χ1v) is 8.82. The van der Waals surface area contributed by atoms with Crippen molar-refractivity contribution in [2.45, 2.75) is 39.2 Å². The first-order valence-electron chi connectivity index (χ1n) is 8.82. The molecule has 2 aliphatic rings. The molecule has 0 saturated carbocycles. The van der Waals surface area contributed by atoms with E-state index in [1.165, 1.54) is 0 Å². The van der Waals surface area contributed by atoms with E-state index in [-0.39, 0.29) is 17.3 Å². The van der Waals surface area contributed by atoms with Gasteiger partial charge < -0.3 is 19.6 Å². The highest BCUT2D eigenvalue weighted by atomic mass is 16.5. The van der Waals surface area contributed by atoms with Crippen molar-refractivity contribution in [3.8, 4) is 11.5 Å². The Bertz CT molecular complexity index is 642. The van der Waals surface area contributed by atoms with Crippen LogP contribution in [-0.2, 0) is 6.42 Å². The number of carbonyl (C=O) groups is 1. The minimum atomic E-state index is -0.328. The molecule has 1 aromatic carbocycles. The fourth-order valence-corrected chi connectivity index (χ4v) is 3.72. The Morgan fingerprint density at radius 1 is 1.46 bits per heavy atom. The molecule has 2 heterocycles. The molecule has 5 nitrogen and oxygen atoms in total. The van der Waals surface area contributed by atoms with Crippen LogP contribution < -0.4 is 4.74 Å². The van der Waals surface area contributed by atoms with Crippen LogP contribution in [0.15, 0.2) is 12.1 Å². The smallest absolute Gasteiger partial charge is 0.257 e. The van der Waals surface area contributed by atoms with Gasteiger partial charge in [-0.05, 0) is 45.8 Å². The number of hydrogen-bond acceptors (Lipinski definition) is 4. The molecule has 1 fully saturated rings. The number of benzene rings is 1. The molecule has 24 heavy (non-hydrogen) atoms. The Hall–Kier alpha value is -1.75. The molecule has 1 saturated heterocycles. The van der Waals surface area contributed by atoms with Crippen molar-refractivity contribution in [2.24, 2.45) is 5.92 Å². The fraction of sp³-hybridized carbons (Fsp3) is 0.632. The van der Waals surface area contributed by atoms with Gasteiger partial charge in [-0.3, -0.25) is 4.79 Å². The molecular formula is C19H28N2O3. The monoisotopic (exact) mass is 332 g/mol. The molecule has 1 aromatic rings. The fourth-order valence-electron chi connectivity index (χ4n) is 3.72. The van der Waals surface area contributed by atoms with Crippen molar-refractivity contribution in [3.63, 3.8) is 0 Å². The van der Waals surface area contributed by atoms with Gasteiger partial charge in [0.15, 0.2) is 11.5 Å². The maximum atomic E-state index is 12.8. The Labute approximate surface area is 144 Å². The molecule has 0 radical (unpaired) electrons. The van der Waals surface area contributed by atoms with Gasteiger partial charge in [-0.15, -0.1) is 0 Å². The normalized spacial score (nSPS) is 21.9. The molecule has 1 amide bonds. The maximum Gasteiger partial charge on any atom is 0.257 e. The summed E-state index contributed by atoms with van der Waals surface area (Å²) in [6, 6.07) is 3.65. The van der Waals surface area contributed by atoms with Crippen LogP contribution in [0, 0.1) is 5.92 Å². The average Bonchev–Trinajstić information content (AvgIpc) is 3.10. The first kappa shape index (κ1) is 17.1. The number of aromatic hydroxyl groups is 1. The lowest BCUT2D eigenvalue weighted by atomic mass is 10.00. The van der Waals surface area contributed by atoms with Crippen LogP contribution in [0.2, 0.25) is 0 Å². The standard InChI is InChI=1S/C19H28N2O3/c1-5-20(4)11-13-8-9-21(12-13)18(23)15-7-6-14-10-19(2,3)24-17(14)16(15)22/h6-7,13,22H,5,8-12H2,1-4H3/t13-/m0/s1. The summed E-state index contributed by atoms with van der Waals surface area (Å²) in [6.45, 7) is 9.65. The summed E-state index contributed by atoms with van der Waals surface area (Å²) in [7, 11) is 2.11. The van der Waals surface area contributed by atoms with Crippen molar-refractivity contribution in [3.05, 3.63) is 23.3 Å². The van der Waals surface area contributed by atoms with Crippen molar-refractivity contribution in [2.75, 3.05) is 33.2 Å². The molecule has 1 N–H and O–H groups in total. The molecular weight excluding hydrogens is 304 g/mol. The van der Waals surface area contributed by atoms with E-state index in [1.54, 1.807) is 6.07 Å².